The Morgan fingerprint density at radius 3 is 1.52 bits per heavy atom. The van der Waals surface area contributed by atoms with Crippen LogP contribution in [0.5, 0.6) is 0 Å². The summed E-state index contributed by atoms with van der Waals surface area (Å²) >= 11 is 0. The maximum Gasteiger partial charge on any atom is 0.382 e. The second-order valence-electron chi connectivity index (χ2n) is 3.58. The van der Waals surface area contributed by atoms with Gasteiger partial charge in [-0.2, -0.15) is 0 Å². The molecule has 2 rings (SSSR count). The molecule has 108 valence electrons. The molecule has 11 heteroatoms. The minimum atomic E-state index is -1.34. The highest BCUT2D eigenvalue weighted by Crippen LogP contribution is 2.03. The minimum Gasteiger partial charge on any atom is -0.477 e. The quantitative estimate of drug-likeness (QED) is 0.428. The third-order valence-electron chi connectivity index (χ3n) is 2.18. The molecule has 0 aliphatic rings. The van der Waals surface area contributed by atoms with Gasteiger partial charge in [0.05, 0.1) is 12.4 Å². The SMILES string of the molecule is O=C(O)c1cnc(C(=O)OC(=O)c2ncc(C(=O)O)[nH]2)[nH]1. The smallest absolute Gasteiger partial charge is 0.382 e. The zero-order valence-electron chi connectivity index (χ0n) is 9.98. The molecule has 2 heterocycles. The first-order chi connectivity index (χ1) is 9.88. The van der Waals surface area contributed by atoms with Gasteiger partial charge in [0.15, 0.2) is 0 Å². The maximum atomic E-state index is 11.5. The first-order valence-electron chi connectivity index (χ1n) is 5.21. The van der Waals surface area contributed by atoms with Crippen molar-refractivity contribution in [3.8, 4) is 0 Å². The van der Waals surface area contributed by atoms with E-state index >= 15 is 0 Å². The zero-order valence-corrected chi connectivity index (χ0v) is 9.98. The Hall–Kier alpha value is -3.50. The molecule has 0 fully saturated rings. The minimum absolute atomic E-state index is 0.361. The molecular weight excluding hydrogens is 288 g/mol. The number of carbonyl (C=O) groups excluding carboxylic acids is 2. The zero-order chi connectivity index (χ0) is 15.6. The van der Waals surface area contributed by atoms with Crippen LogP contribution in [0.3, 0.4) is 0 Å². The van der Waals surface area contributed by atoms with E-state index in [0.717, 1.165) is 12.4 Å². The van der Waals surface area contributed by atoms with Crippen LogP contribution in [-0.4, -0.2) is 54.0 Å². The summed E-state index contributed by atoms with van der Waals surface area (Å²) in [7, 11) is 0. The number of aromatic amines is 2. The van der Waals surface area contributed by atoms with E-state index in [9.17, 15) is 19.2 Å². The Labute approximate surface area is 114 Å². The highest BCUT2D eigenvalue weighted by Gasteiger charge is 2.22. The number of imidazole rings is 2. The molecule has 0 aliphatic heterocycles. The van der Waals surface area contributed by atoms with Crippen molar-refractivity contribution in [2.75, 3.05) is 0 Å². The first kappa shape index (κ1) is 13.9. The van der Waals surface area contributed by atoms with Gasteiger partial charge in [-0.15, -0.1) is 0 Å². The Balaban J connectivity index is 2.08. The second-order valence-corrected chi connectivity index (χ2v) is 3.58. The molecule has 0 aromatic carbocycles. The maximum absolute atomic E-state index is 11.5. The van der Waals surface area contributed by atoms with Crippen molar-refractivity contribution in [1.82, 2.24) is 19.9 Å². The van der Waals surface area contributed by atoms with E-state index in [1.54, 1.807) is 0 Å². The Morgan fingerprint density at radius 1 is 0.857 bits per heavy atom. The molecule has 2 aromatic rings. The third-order valence-corrected chi connectivity index (χ3v) is 2.18. The lowest BCUT2D eigenvalue weighted by Gasteiger charge is -1.97. The Bertz CT molecular complexity index is 682. The van der Waals surface area contributed by atoms with E-state index in [0.29, 0.717) is 0 Å². The monoisotopic (exact) mass is 294 g/mol. The number of aromatic carboxylic acids is 2. The van der Waals surface area contributed by atoms with Crippen LogP contribution in [0.4, 0.5) is 0 Å². The summed E-state index contributed by atoms with van der Waals surface area (Å²) in [6, 6.07) is 0. The molecule has 0 aliphatic carbocycles. The Kier molecular flexibility index (Phi) is 3.47. The normalized spacial score (nSPS) is 10.1. The molecule has 11 nitrogen and oxygen atoms in total. The number of carboxylic acids is 2. The van der Waals surface area contributed by atoms with Crippen LogP contribution in [0.25, 0.3) is 0 Å². The largest absolute Gasteiger partial charge is 0.477 e. The molecule has 0 saturated heterocycles. The van der Waals surface area contributed by atoms with Crippen LogP contribution in [-0.2, 0) is 4.74 Å². The number of aromatic nitrogens is 4. The van der Waals surface area contributed by atoms with Crippen LogP contribution in [0.15, 0.2) is 12.4 Å². The lowest BCUT2D eigenvalue weighted by atomic mass is 10.5. The molecular formula is C10H6N4O7. The van der Waals surface area contributed by atoms with Gasteiger partial charge in [0.2, 0.25) is 11.6 Å². The van der Waals surface area contributed by atoms with Crippen molar-refractivity contribution in [2.45, 2.75) is 0 Å². The molecule has 0 bridgehead atoms. The van der Waals surface area contributed by atoms with E-state index in [4.69, 9.17) is 10.2 Å². The van der Waals surface area contributed by atoms with Crippen LogP contribution in [0.1, 0.15) is 42.2 Å². The fourth-order valence-electron chi connectivity index (χ4n) is 1.25. The molecule has 0 saturated carbocycles. The van der Waals surface area contributed by atoms with Crippen molar-refractivity contribution in [3.63, 3.8) is 0 Å². The standard InChI is InChI=1S/C10H6N4O7/c15-7(16)3-1-11-5(13-3)9(19)21-10(20)6-12-2-4(14-6)8(17)18/h1-2H,(H,11,13)(H,12,14)(H,15,16)(H,17,18). The fraction of sp³-hybridized carbons (Fsp3) is 0. The molecule has 4 N–H and O–H groups in total. The van der Waals surface area contributed by atoms with E-state index < -0.39 is 35.5 Å². The van der Waals surface area contributed by atoms with Crippen molar-refractivity contribution in [2.24, 2.45) is 0 Å². The van der Waals surface area contributed by atoms with Crippen LogP contribution < -0.4 is 0 Å². The predicted molar refractivity (Wildman–Crippen MR) is 60.8 cm³/mol. The molecule has 21 heavy (non-hydrogen) atoms. The molecule has 0 unspecified atom stereocenters. The van der Waals surface area contributed by atoms with E-state index in [1.807, 2.05) is 0 Å². The third kappa shape index (κ3) is 2.91. The van der Waals surface area contributed by atoms with E-state index in [2.05, 4.69) is 24.7 Å². The van der Waals surface area contributed by atoms with Gasteiger partial charge in [0.25, 0.3) is 0 Å². The summed E-state index contributed by atoms with van der Waals surface area (Å²) in [5.41, 5.74) is -0.721. The fourth-order valence-corrected chi connectivity index (χ4v) is 1.25. The van der Waals surface area contributed by atoms with Crippen molar-refractivity contribution >= 4 is 23.9 Å². The highest BCUT2D eigenvalue weighted by atomic mass is 16.6. The number of hydrogen-bond donors (Lipinski definition) is 4. The molecule has 2 aromatic heterocycles. The number of nitrogens with one attached hydrogen (secondary N) is 2. The van der Waals surface area contributed by atoms with Crippen LogP contribution >= 0.6 is 0 Å². The van der Waals surface area contributed by atoms with E-state index in [1.165, 1.54) is 0 Å². The van der Waals surface area contributed by atoms with Crippen LogP contribution in [0, 0.1) is 0 Å². The number of rotatable bonds is 4. The van der Waals surface area contributed by atoms with Gasteiger partial charge in [0.1, 0.15) is 11.4 Å². The van der Waals surface area contributed by atoms with Crippen LogP contribution in [0.2, 0.25) is 0 Å². The number of ether oxygens (including phenoxy) is 1. The summed E-state index contributed by atoms with van der Waals surface area (Å²) < 4.78 is 4.36. The van der Waals surface area contributed by atoms with Crippen molar-refractivity contribution in [3.05, 3.63) is 35.4 Å². The van der Waals surface area contributed by atoms with Gasteiger partial charge in [0, 0.05) is 0 Å². The summed E-state index contributed by atoms with van der Waals surface area (Å²) in [6.07, 6.45) is 1.75. The lowest BCUT2D eigenvalue weighted by molar-refractivity contribution is 0.0381. The summed E-state index contributed by atoms with van der Waals surface area (Å²) in [5.74, 6) is -6.15. The molecule has 0 atom stereocenters. The Morgan fingerprint density at radius 2 is 1.24 bits per heavy atom. The highest BCUT2D eigenvalue weighted by molar-refractivity contribution is 6.00. The first-order valence-corrected chi connectivity index (χ1v) is 5.21. The summed E-state index contributed by atoms with van der Waals surface area (Å²) in [4.78, 5) is 55.3. The number of carboxylic acid groups (broad SMARTS) is 2. The van der Waals surface area contributed by atoms with Gasteiger partial charge in [-0.25, -0.2) is 29.1 Å². The lowest BCUT2D eigenvalue weighted by Crippen LogP contribution is -2.15. The van der Waals surface area contributed by atoms with E-state index in [-0.39, 0.29) is 11.4 Å². The second kappa shape index (κ2) is 5.24. The van der Waals surface area contributed by atoms with Crippen molar-refractivity contribution < 1.29 is 34.1 Å². The number of nitrogens with zero attached hydrogens (tertiary/aromatic N) is 2. The van der Waals surface area contributed by atoms with Gasteiger partial charge < -0.3 is 24.9 Å². The number of carbonyl (C=O) groups is 4. The summed E-state index contributed by atoms with van der Waals surface area (Å²) in [5, 5.41) is 17.3. The van der Waals surface area contributed by atoms with Gasteiger partial charge in [-0.3, -0.25) is 0 Å². The molecule has 0 amide bonds. The average molecular weight is 294 g/mol. The number of esters is 2. The van der Waals surface area contributed by atoms with Gasteiger partial charge in [-0.1, -0.05) is 0 Å². The van der Waals surface area contributed by atoms with Crippen molar-refractivity contribution in [1.29, 1.82) is 0 Å². The predicted octanol–water partition coefficient (Wildman–Crippen LogP) is -0.474. The number of hydrogen-bond acceptors (Lipinski definition) is 7. The summed E-state index contributed by atoms with van der Waals surface area (Å²) in [6.45, 7) is 0. The molecule has 0 radical (unpaired) electrons. The average Bonchev–Trinajstić information content (AvgIpc) is 3.08. The van der Waals surface area contributed by atoms with Gasteiger partial charge in [-0.05, 0) is 0 Å². The molecule has 0 spiro atoms. The van der Waals surface area contributed by atoms with Gasteiger partial charge >= 0.3 is 23.9 Å². The topological polar surface area (TPSA) is 175 Å². The number of H-pyrrole nitrogens is 2.